The maximum atomic E-state index is 12.5. The number of fused-ring (bicyclic) bond motifs is 1. The minimum Gasteiger partial charge on any atom is -0.505 e. The van der Waals surface area contributed by atoms with E-state index < -0.39 is 41.5 Å². The molecule has 14 nitrogen and oxygen atoms in total. The minimum absolute atomic E-state index is 0.114. The zero-order chi connectivity index (χ0) is 35.0. The lowest BCUT2D eigenvalue weighted by molar-refractivity contribution is 0.102. The van der Waals surface area contributed by atoms with Crippen LogP contribution in [0.25, 0.3) is 10.8 Å². The fourth-order valence-corrected chi connectivity index (χ4v) is 6.27. The van der Waals surface area contributed by atoms with Crippen molar-refractivity contribution >= 4 is 71.0 Å². The first-order chi connectivity index (χ1) is 22.5. The Kier molecular flexibility index (Phi) is 9.10. The Morgan fingerprint density at radius 3 is 2.00 bits per heavy atom. The van der Waals surface area contributed by atoms with Gasteiger partial charge in [-0.2, -0.15) is 27.1 Å². The predicted octanol–water partition coefficient (Wildman–Crippen LogP) is 7.63. The highest BCUT2D eigenvalue weighted by Crippen LogP contribution is 2.43. The lowest BCUT2D eigenvalue weighted by Gasteiger charge is -2.10. The number of aryl methyl sites for hydroxylation is 3. The van der Waals surface area contributed by atoms with Crippen LogP contribution in [0.4, 0.5) is 34.1 Å². The van der Waals surface area contributed by atoms with Crippen molar-refractivity contribution in [2.24, 2.45) is 20.5 Å². The number of rotatable bonds is 8. The third kappa shape index (κ3) is 7.37. The molecule has 5 aromatic rings. The van der Waals surface area contributed by atoms with Gasteiger partial charge in [0.05, 0.1) is 11.4 Å². The van der Waals surface area contributed by atoms with Crippen molar-refractivity contribution in [1.82, 2.24) is 0 Å². The molecule has 5 rings (SSSR count). The largest absolute Gasteiger partial charge is 0.505 e. The second kappa shape index (κ2) is 12.9. The van der Waals surface area contributed by atoms with Crippen LogP contribution in [0.1, 0.15) is 27.0 Å². The lowest BCUT2D eigenvalue weighted by atomic mass is 10.1. The fraction of sp³-hybridized carbons (Fsp3) is 0.0938. The van der Waals surface area contributed by atoms with Crippen LogP contribution in [0, 0.1) is 20.8 Å². The Balaban J connectivity index is 1.46. The lowest BCUT2D eigenvalue weighted by Crippen LogP contribution is -2.11. The highest BCUT2D eigenvalue weighted by Gasteiger charge is 2.24. The molecule has 5 aromatic carbocycles. The summed E-state index contributed by atoms with van der Waals surface area (Å²) in [6.07, 6.45) is 0. The summed E-state index contributed by atoms with van der Waals surface area (Å²) in [6, 6.07) is 19.6. The molecule has 0 atom stereocenters. The average Bonchev–Trinajstić information content (AvgIpc) is 3.00. The Bertz CT molecular complexity index is 2390. The number of carbonyl (C=O) groups is 1. The number of nitrogen functional groups attached to an aromatic ring is 1. The van der Waals surface area contributed by atoms with E-state index in [9.17, 15) is 35.8 Å². The number of phenols is 1. The Hall–Kier alpha value is -5.55. The molecule has 0 aliphatic heterocycles. The molecule has 0 aliphatic carbocycles. The summed E-state index contributed by atoms with van der Waals surface area (Å²) < 4.78 is 68.3. The summed E-state index contributed by atoms with van der Waals surface area (Å²) in [4.78, 5) is 11.2. The molecule has 48 heavy (non-hydrogen) atoms. The molecule has 16 heteroatoms. The number of azo groups is 2. The van der Waals surface area contributed by atoms with Crippen molar-refractivity contribution in [2.45, 2.75) is 30.6 Å². The zero-order valence-electron chi connectivity index (χ0n) is 25.6. The predicted molar refractivity (Wildman–Crippen MR) is 179 cm³/mol. The zero-order valence-corrected chi connectivity index (χ0v) is 27.2. The molecular weight excluding hydrogens is 661 g/mol. The number of phenolic OH excluding ortho intramolecular Hbond substituents is 1. The number of hydrogen-bond donors (Lipinski definition) is 5. The van der Waals surface area contributed by atoms with E-state index in [0.717, 1.165) is 12.1 Å². The number of benzene rings is 5. The number of amides is 1. The van der Waals surface area contributed by atoms with Crippen molar-refractivity contribution in [3.05, 3.63) is 101 Å². The molecule has 0 heterocycles. The maximum Gasteiger partial charge on any atom is 0.296 e. The second-order valence-corrected chi connectivity index (χ2v) is 13.6. The number of carbonyl (C=O) groups excluding carboxylic acids is 1. The van der Waals surface area contributed by atoms with Gasteiger partial charge in [-0.05, 0) is 116 Å². The first kappa shape index (κ1) is 33.8. The molecule has 0 fully saturated rings. The minimum atomic E-state index is -4.98. The van der Waals surface area contributed by atoms with Gasteiger partial charge in [-0.3, -0.25) is 13.9 Å². The van der Waals surface area contributed by atoms with Gasteiger partial charge in [-0.1, -0.05) is 6.07 Å². The van der Waals surface area contributed by atoms with E-state index >= 15 is 0 Å². The van der Waals surface area contributed by atoms with Gasteiger partial charge in [-0.15, -0.1) is 10.2 Å². The molecule has 0 saturated heterocycles. The molecule has 0 aliphatic rings. The van der Waals surface area contributed by atoms with Crippen LogP contribution in [0.15, 0.2) is 109 Å². The SMILES string of the molecule is Cc1cc(C)c(N=Nc2c(S(=O)(=O)O)cc3cc(N=Nc4ccc(NC(=O)c5ccc(N)cc5)cc4C)ccc3c2O)c(S(=O)(=O)O)c1. The summed E-state index contributed by atoms with van der Waals surface area (Å²) in [5, 5.41) is 30.2. The van der Waals surface area contributed by atoms with E-state index in [1.807, 2.05) is 0 Å². The van der Waals surface area contributed by atoms with Crippen LogP contribution in [0.2, 0.25) is 0 Å². The fourth-order valence-electron chi connectivity index (χ4n) is 4.84. The van der Waals surface area contributed by atoms with E-state index in [2.05, 4.69) is 25.8 Å². The third-order valence-corrected chi connectivity index (χ3v) is 8.88. The Labute approximate surface area is 275 Å². The molecule has 1 amide bonds. The quantitative estimate of drug-likeness (QED) is 0.0611. The van der Waals surface area contributed by atoms with Crippen LogP contribution >= 0.6 is 0 Å². The maximum absolute atomic E-state index is 12.5. The number of nitrogens with one attached hydrogen (secondary N) is 1. The summed E-state index contributed by atoms with van der Waals surface area (Å²) >= 11 is 0. The van der Waals surface area contributed by atoms with Crippen molar-refractivity contribution < 1.29 is 35.8 Å². The molecule has 0 radical (unpaired) electrons. The van der Waals surface area contributed by atoms with Gasteiger partial charge < -0.3 is 16.2 Å². The van der Waals surface area contributed by atoms with Gasteiger partial charge in [0.1, 0.15) is 21.2 Å². The van der Waals surface area contributed by atoms with E-state index in [4.69, 9.17) is 5.73 Å². The van der Waals surface area contributed by atoms with Crippen LogP contribution in [-0.2, 0) is 20.2 Å². The van der Waals surface area contributed by atoms with Crippen molar-refractivity contribution in [1.29, 1.82) is 0 Å². The normalized spacial score (nSPS) is 12.3. The van der Waals surface area contributed by atoms with Crippen LogP contribution in [-0.4, -0.2) is 37.0 Å². The smallest absolute Gasteiger partial charge is 0.296 e. The first-order valence-electron chi connectivity index (χ1n) is 14.0. The molecule has 0 aromatic heterocycles. The molecular formula is C32H28N6O8S2. The average molecular weight is 689 g/mol. The van der Waals surface area contributed by atoms with Crippen LogP contribution < -0.4 is 11.1 Å². The standard InChI is InChI=1S/C32H28N6O8S2/c1-17-12-19(3)29(27(13-17)47(41,42)43)37-38-30-28(48(44,45)46)16-21-15-24(8-10-25(21)31(30)39)35-36-26-11-9-23(14-18(26)2)34-32(40)20-4-6-22(33)7-5-20/h4-16,39H,33H2,1-3H3,(H,34,40)(H,41,42,43)(H,44,45,46). The van der Waals surface area contributed by atoms with Crippen molar-refractivity contribution in [2.75, 3.05) is 11.1 Å². The molecule has 0 spiro atoms. The topological polar surface area (TPSA) is 234 Å². The Morgan fingerprint density at radius 1 is 0.708 bits per heavy atom. The van der Waals surface area contributed by atoms with Gasteiger partial charge in [0.15, 0.2) is 5.75 Å². The molecule has 0 unspecified atom stereocenters. The van der Waals surface area contributed by atoms with Gasteiger partial charge in [0, 0.05) is 22.3 Å². The highest BCUT2D eigenvalue weighted by atomic mass is 32.2. The number of nitrogens with zero attached hydrogens (tertiary/aromatic N) is 4. The van der Waals surface area contributed by atoms with Crippen molar-refractivity contribution in [3.63, 3.8) is 0 Å². The van der Waals surface area contributed by atoms with E-state index in [0.29, 0.717) is 39.3 Å². The first-order valence-corrected chi connectivity index (χ1v) is 16.9. The number of nitrogens with two attached hydrogens (primary N) is 1. The van der Waals surface area contributed by atoms with E-state index in [1.165, 1.54) is 25.1 Å². The van der Waals surface area contributed by atoms with Gasteiger partial charge in [-0.25, -0.2) is 0 Å². The summed E-state index contributed by atoms with van der Waals surface area (Å²) in [6.45, 7) is 4.88. The van der Waals surface area contributed by atoms with Crippen LogP contribution in [0.3, 0.4) is 0 Å². The Morgan fingerprint density at radius 2 is 1.35 bits per heavy atom. The number of hydrogen-bond acceptors (Lipinski definition) is 11. The molecule has 246 valence electrons. The molecule has 0 bridgehead atoms. The molecule has 6 N–H and O–H groups in total. The summed E-state index contributed by atoms with van der Waals surface area (Å²) in [5.74, 6) is -0.983. The third-order valence-electron chi connectivity index (χ3n) is 7.15. The van der Waals surface area contributed by atoms with E-state index in [-0.39, 0.29) is 28.1 Å². The van der Waals surface area contributed by atoms with Crippen molar-refractivity contribution in [3.8, 4) is 5.75 Å². The van der Waals surface area contributed by atoms with Crippen LogP contribution in [0.5, 0.6) is 5.75 Å². The second-order valence-electron chi connectivity index (χ2n) is 10.8. The highest BCUT2D eigenvalue weighted by molar-refractivity contribution is 7.86. The van der Waals surface area contributed by atoms with Gasteiger partial charge >= 0.3 is 0 Å². The number of anilines is 2. The molecule has 0 saturated carbocycles. The van der Waals surface area contributed by atoms with Gasteiger partial charge in [0.25, 0.3) is 26.1 Å². The summed E-state index contributed by atoms with van der Waals surface area (Å²) in [5.41, 5.74) is 8.49. The summed E-state index contributed by atoms with van der Waals surface area (Å²) in [7, 11) is -9.73. The van der Waals surface area contributed by atoms with E-state index in [1.54, 1.807) is 62.4 Å². The van der Waals surface area contributed by atoms with Gasteiger partial charge in [0.2, 0.25) is 0 Å². The monoisotopic (exact) mass is 688 g/mol. The number of aromatic hydroxyl groups is 1.